The van der Waals surface area contributed by atoms with Gasteiger partial charge in [-0.2, -0.15) is 0 Å². The highest BCUT2D eigenvalue weighted by Gasteiger charge is 2.20. The molecule has 1 amide bonds. The van der Waals surface area contributed by atoms with Crippen molar-refractivity contribution in [3.63, 3.8) is 0 Å². The third-order valence-electron chi connectivity index (χ3n) is 3.39. The summed E-state index contributed by atoms with van der Waals surface area (Å²) in [7, 11) is -2.52. The van der Waals surface area contributed by atoms with Crippen LogP contribution in [0.2, 0.25) is 0 Å². The Morgan fingerprint density at radius 1 is 1.15 bits per heavy atom. The quantitative estimate of drug-likeness (QED) is 0.768. The van der Waals surface area contributed by atoms with Crippen LogP contribution in [0.1, 0.15) is 17.3 Å². The number of carbonyl (C=O) groups excluding carboxylic acids is 1. The Kier molecular flexibility index (Phi) is 6.41. The third-order valence-corrected chi connectivity index (χ3v) is 4.98. The van der Waals surface area contributed by atoms with Gasteiger partial charge >= 0.3 is 0 Å². The molecule has 9 heteroatoms. The predicted molar refractivity (Wildman–Crippen MR) is 92.4 cm³/mol. The largest absolute Gasteiger partial charge is 0.383 e. The van der Waals surface area contributed by atoms with Crippen molar-refractivity contribution in [2.45, 2.75) is 17.9 Å². The van der Waals surface area contributed by atoms with Crippen molar-refractivity contribution in [3.05, 3.63) is 59.7 Å². The number of methoxy groups -OCH3 is 1. The Labute approximate surface area is 150 Å². The van der Waals surface area contributed by atoms with Gasteiger partial charge in [0.05, 0.1) is 22.8 Å². The molecule has 2 N–H and O–H groups in total. The van der Waals surface area contributed by atoms with E-state index < -0.39 is 33.6 Å². The molecule has 0 unspecified atom stereocenters. The maximum Gasteiger partial charge on any atom is 0.258 e. The molecule has 2 aromatic rings. The average molecular weight is 384 g/mol. The molecule has 6 nitrogen and oxygen atoms in total. The van der Waals surface area contributed by atoms with Gasteiger partial charge in [0.2, 0.25) is 10.0 Å². The first-order valence-corrected chi connectivity index (χ1v) is 9.09. The first-order valence-electron chi connectivity index (χ1n) is 7.61. The molecular weight excluding hydrogens is 366 g/mol. The van der Waals surface area contributed by atoms with Crippen LogP contribution in [0.25, 0.3) is 0 Å². The zero-order chi connectivity index (χ0) is 19.3. The van der Waals surface area contributed by atoms with E-state index in [1.54, 1.807) is 6.92 Å². The van der Waals surface area contributed by atoms with Crippen LogP contribution in [-0.4, -0.2) is 34.1 Å². The van der Waals surface area contributed by atoms with Crippen molar-refractivity contribution >= 4 is 21.6 Å². The summed E-state index contributed by atoms with van der Waals surface area (Å²) in [6, 6.07) is 7.76. The zero-order valence-electron chi connectivity index (χ0n) is 14.1. The van der Waals surface area contributed by atoms with Crippen LogP contribution in [0.4, 0.5) is 14.5 Å². The summed E-state index contributed by atoms with van der Waals surface area (Å²) < 4.78 is 59.4. The Bertz CT molecular complexity index is 903. The van der Waals surface area contributed by atoms with Gasteiger partial charge in [-0.15, -0.1) is 0 Å². The van der Waals surface area contributed by atoms with Crippen molar-refractivity contribution in [3.8, 4) is 0 Å². The fourth-order valence-electron chi connectivity index (χ4n) is 2.22. The van der Waals surface area contributed by atoms with E-state index in [4.69, 9.17) is 4.74 Å². The second-order valence-corrected chi connectivity index (χ2v) is 7.27. The van der Waals surface area contributed by atoms with Crippen molar-refractivity contribution in [2.24, 2.45) is 0 Å². The number of carbonyl (C=O) groups is 1. The molecule has 0 fully saturated rings. The van der Waals surface area contributed by atoms with Crippen LogP contribution in [0.15, 0.2) is 47.4 Å². The average Bonchev–Trinajstić information content (AvgIpc) is 2.56. The molecule has 0 radical (unpaired) electrons. The Morgan fingerprint density at radius 2 is 1.85 bits per heavy atom. The Hall–Kier alpha value is -2.36. The topological polar surface area (TPSA) is 84.5 Å². The summed E-state index contributed by atoms with van der Waals surface area (Å²) in [6.45, 7) is 1.75. The molecular formula is C17H18F2N2O4S. The minimum atomic E-state index is -3.95. The van der Waals surface area contributed by atoms with E-state index in [0.717, 1.165) is 24.3 Å². The number of benzene rings is 2. The molecule has 0 bridgehead atoms. The monoisotopic (exact) mass is 384 g/mol. The molecule has 0 saturated carbocycles. The van der Waals surface area contributed by atoms with Gasteiger partial charge in [0, 0.05) is 13.2 Å². The molecule has 2 rings (SSSR count). The second-order valence-electron chi connectivity index (χ2n) is 5.55. The number of rotatable bonds is 7. The molecule has 1 atom stereocenters. The number of sulfonamides is 1. The van der Waals surface area contributed by atoms with Gasteiger partial charge in [-0.25, -0.2) is 21.9 Å². The SMILES string of the molecule is COC[C@H](C)NS(=O)(=O)c1ccc(NC(=O)c2ccccc2F)c(F)c1. The summed E-state index contributed by atoms with van der Waals surface area (Å²) in [5, 5.41) is 2.22. The predicted octanol–water partition coefficient (Wildman–Crippen LogP) is 2.53. The number of halogens is 2. The van der Waals surface area contributed by atoms with E-state index in [2.05, 4.69) is 10.0 Å². The molecule has 26 heavy (non-hydrogen) atoms. The molecule has 0 aromatic heterocycles. The molecule has 2 aromatic carbocycles. The zero-order valence-corrected chi connectivity index (χ0v) is 14.9. The molecule has 0 aliphatic heterocycles. The lowest BCUT2D eigenvalue weighted by Gasteiger charge is -2.14. The van der Waals surface area contributed by atoms with E-state index in [-0.39, 0.29) is 22.8 Å². The van der Waals surface area contributed by atoms with Crippen molar-refractivity contribution < 1.29 is 26.7 Å². The van der Waals surface area contributed by atoms with Crippen molar-refractivity contribution in [2.75, 3.05) is 19.0 Å². The van der Waals surface area contributed by atoms with Crippen molar-refractivity contribution in [1.82, 2.24) is 4.72 Å². The summed E-state index contributed by atoms with van der Waals surface area (Å²) in [5.41, 5.74) is -0.513. The van der Waals surface area contributed by atoms with Crippen LogP contribution in [0, 0.1) is 11.6 Å². The minimum absolute atomic E-state index is 0.151. The van der Waals surface area contributed by atoms with Gasteiger partial charge in [0.25, 0.3) is 5.91 Å². The van der Waals surface area contributed by atoms with Crippen LogP contribution in [0.5, 0.6) is 0 Å². The summed E-state index contributed by atoms with van der Waals surface area (Å²) in [5.74, 6) is -2.55. The number of nitrogens with one attached hydrogen (secondary N) is 2. The van der Waals surface area contributed by atoms with Crippen LogP contribution in [0.3, 0.4) is 0 Å². The maximum atomic E-state index is 14.2. The van der Waals surface area contributed by atoms with Crippen LogP contribution < -0.4 is 10.0 Å². The number of anilines is 1. The summed E-state index contributed by atoms with van der Waals surface area (Å²) in [6.07, 6.45) is 0. The van der Waals surface area contributed by atoms with E-state index in [1.165, 1.54) is 25.3 Å². The Morgan fingerprint density at radius 3 is 2.46 bits per heavy atom. The molecule has 0 heterocycles. The molecule has 140 valence electrons. The lowest BCUT2D eigenvalue weighted by molar-refractivity contribution is 0.102. The lowest BCUT2D eigenvalue weighted by Crippen LogP contribution is -2.35. The van der Waals surface area contributed by atoms with E-state index in [1.807, 2.05) is 0 Å². The highest BCUT2D eigenvalue weighted by atomic mass is 32.2. The Balaban J connectivity index is 2.19. The molecule has 0 saturated heterocycles. The van der Waals surface area contributed by atoms with Gasteiger partial charge < -0.3 is 10.1 Å². The molecule has 0 spiro atoms. The van der Waals surface area contributed by atoms with Gasteiger partial charge in [-0.1, -0.05) is 12.1 Å². The highest BCUT2D eigenvalue weighted by Crippen LogP contribution is 2.20. The molecule has 0 aliphatic carbocycles. The summed E-state index contributed by atoms with van der Waals surface area (Å²) in [4.78, 5) is 11.7. The fourth-order valence-corrected chi connectivity index (χ4v) is 3.46. The maximum absolute atomic E-state index is 14.2. The smallest absolute Gasteiger partial charge is 0.258 e. The number of amides is 1. The van der Waals surface area contributed by atoms with Gasteiger partial charge in [0.1, 0.15) is 11.6 Å². The van der Waals surface area contributed by atoms with E-state index in [9.17, 15) is 22.0 Å². The van der Waals surface area contributed by atoms with Crippen LogP contribution in [-0.2, 0) is 14.8 Å². The van der Waals surface area contributed by atoms with E-state index >= 15 is 0 Å². The second kappa shape index (κ2) is 8.35. The summed E-state index contributed by atoms with van der Waals surface area (Å²) >= 11 is 0. The first kappa shape index (κ1) is 20.0. The van der Waals surface area contributed by atoms with E-state index in [0.29, 0.717) is 0 Å². The molecule has 0 aliphatic rings. The van der Waals surface area contributed by atoms with Gasteiger partial charge in [-0.3, -0.25) is 4.79 Å². The standard InChI is InChI=1S/C17H18F2N2O4S/c1-11(10-25-2)21-26(23,24)12-7-8-16(15(19)9-12)20-17(22)13-5-3-4-6-14(13)18/h3-9,11,21H,10H2,1-2H3,(H,20,22)/t11-/m0/s1. The fraction of sp³-hybridized carbons (Fsp3) is 0.235. The van der Waals surface area contributed by atoms with Gasteiger partial charge in [0.15, 0.2) is 0 Å². The highest BCUT2D eigenvalue weighted by molar-refractivity contribution is 7.89. The van der Waals surface area contributed by atoms with Crippen LogP contribution >= 0.6 is 0 Å². The normalized spacial score (nSPS) is 12.6. The lowest BCUT2D eigenvalue weighted by atomic mass is 10.2. The van der Waals surface area contributed by atoms with Crippen molar-refractivity contribution in [1.29, 1.82) is 0 Å². The first-order chi connectivity index (χ1) is 12.2. The number of hydrogen-bond donors (Lipinski definition) is 2. The third kappa shape index (κ3) is 4.84. The number of ether oxygens (including phenoxy) is 1. The minimum Gasteiger partial charge on any atom is -0.383 e. The van der Waals surface area contributed by atoms with Gasteiger partial charge in [-0.05, 0) is 37.3 Å². The number of hydrogen-bond acceptors (Lipinski definition) is 4.